The van der Waals surface area contributed by atoms with E-state index in [0.717, 1.165) is 5.69 Å². The van der Waals surface area contributed by atoms with Gasteiger partial charge in [0.15, 0.2) is 0 Å². The Morgan fingerprint density at radius 3 is 2.25 bits per heavy atom. The summed E-state index contributed by atoms with van der Waals surface area (Å²) in [6.45, 7) is 3.64. The highest BCUT2D eigenvalue weighted by atomic mass is 35.5. The second kappa shape index (κ2) is 6.70. The molecule has 4 nitrogen and oxygen atoms in total. The Labute approximate surface area is 146 Å². The van der Waals surface area contributed by atoms with Crippen molar-refractivity contribution in [3.8, 4) is 0 Å². The maximum absolute atomic E-state index is 13.0. The lowest BCUT2D eigenvalue weighted by molar-refractivity contribution is 0.384. The van der Waals surface area contributed by atoms with Crippen LogP contribution < -0.4 is 4.90 Å². The SMILES string of the molecule is Cc1ccc(Cl)cc1S(=O)(=O)N1CCN(c2ccc(F)cc2)CC1. The first-order valence-corrected chi connectivity index (χ1v) is 9.46. The summed E-state index contributed by atoms with van der Waals surface area (Å²) in [5.74, 6) is -0.281. The van der Waals surface area contributed by atoms with Crippen LogP contribution in [0.1, 0.15) is 5.56 Å². The van der Waals surface area contributed by atoms with E-state index in [4.69, 9.17) is 11.6 Å². The van der Waals surface area contributed by atoms with E-state index >= 15 is 0 Å². The van der Waals surface area contributed by atoms with Crippen molar-refractivity contribution in [1.82, 2.24) is 4.31 Å². The molecular weight excluding hydrogens is 351 g/mol. The zero-order valence-electron chi connectivity index (χ0n) is 13.2. The van der Waals surface area contributed by atoms with Crippen molar-refractivity contribution in [2.75, 3.05) is 31.1 Å². The molecule has 0 amide bonds. The molecule has 0 spiro atoms. The van der Waals surface area contributed by atoms with Gasteiger partial charge in [-0.25, -0.2) is 12.8 Å². The van der Waals surface area contributed by atoms with Crippen molar-refractivity contribution in [2.45, 2.75) is 11.8 Å². The Balaban J connectivity index is 1.76. The number of hydrogen-bond acceptors (Lipinski definition) is 3. The first-order valence-electron chi connectivity index (χ1n) is 7.65. The molecule has 1 saturated heterocycles. The molecule has 128 valence electrons. The van der Waals surface area contributed by atoms with Crippen molar-refractivity contribution >= 4 is 27.3 Å². The zero-order valence-corrected chi connectivity index (χ0v) is 14.8. The van der Waals surface area contributed by atoms with Gasteiger partial charge in [0.2, 0.25) is 10.0 Å². The van der Waals surface area contributed by atoms with Crippen LogP contribution in [0.5, 0.6) is 0 Å². The van der Waals surface area contributed by atoms with E-state index in [1.54, 1.807) is 31.2 Å². The fraction of sp³-hybridized carbons (Fsp3) is 0.294. The van der Waals surface area contributed by atoms with Crippen LogP contribution in [0.15, 0.2) is 47.4 Å². The summed E-state index contributed by atoms with van der Waals surface area (Å²) in [6, 6.07) is 11.1. The summed E-state index contributed by atoms with van der Waals surface area (Å²) >= 11 is 5.96. The molecule has 1 fully saturated rings. The van der Waals surface area contributed by atoms with Gasteiger partial charge in [0.1, 0.15) is 5.82 Å². The number of benzene rings is 2. The quantitative estimate of drug-likeness (QED) is 0.834. The molecule has 0 aliphatic carbocycles. The molecule has 0 radical (unpaired) electrons. The molecule has 1 aliphatic heterocycles. The van der Waals surface area contributed by atoms with Crippen LogP contribution in [0.25, 0.3) is 0 Å². The number of anilines is 1. The van der Waals surface area contributed by atoms with Crippen molar-refractivity contribution in [3.63, 3.8) is 0 Å². The van der Waals surface area contributed by atoms with Crippen molar-refractivity contribution in [3.05, 3.63) is 58.9 Å². The highest BCUT2D eigenvalue weighted by Gasteiger charge is 2.29. The molecule has 2 aromatic carbocycles. The highest BCUT2D eigenvalue weighted by molar-refractivity contribution is 7.89. The van der Waals surface area contributed by atoms with Crippen molar-refractivity contribution in [1.29, 1.82) is 0 Å². The minimum Gasteiger partial charge on any atom is -0.369 e. The number of rotatable bonds is 3. The number of piperazine rings is 1. The van der Waals surface area contributed by atoms with E-state index in [9.17, 15) is 12.8 Å². The second-order valence-electron chi connectivity index (χ2n) is 5.78. The average Bonchev–Trinajstić information content (AvgIpc) is 2.58. The lowest BCUT2D eigenvalue weighted by atomic mass is 10.2. The van der Waals surface area contributed by atoms with Crippen LogP contribution in [0.3, 0.4) is 0 Å². The van der Waals surface area contributed by atoms with Crippen LogP contribution in [-0.4, -0.2) is 38.9 Å². The Kier molecular flexibility index (Phi) is 4.80. The van der Waals surface area contributed by atoms with E-state index in [1.807, 2.05) is 0 Å². The van der Waals surface area contributed by atoms with Gasteiger partial charge >= 0.3 is 0 Å². The topological polar surface area (TPSA) is 40.6 Å². The molecule has 2 aromatic rings. The lowest BCUT2D eigenvalue weighted by Gasteiger charge is -2.35. The maximum atomic E-state index is 13.0. The van der Waals surface area contributed by atoms with Gasteiger partial charge < -0.3 is 4.90 Å². The lowest BCUT2D eigenvalue weighted by Crippen LogP contribution is -2.48. The summed E-state index contributed by atoms with van der Waals surface area (Å²) in [6.07, 6.45) is 0. The molecule has 0 atom stereocenters. The van der Waals surface area contributed by atoms with Gasteiger partial charge in [-0.1, -0.05) is 17.7 Å². The molecule has 7 heteroatoms. The number of nitrogens with zero attached hydrogens (tertiary/aromatic N) is 2. The molecule has 0 bridgehead atoms. The van der Waals surface area contributed by atoms with E-state index in [1.165, 1.54) is 22.5 Å². The van der Waals surface area contributed by atoms with Crippen molar-refractivity contribution in [2.24, 2.45) is 0 Å². The largest absolute Gasteiger partial charge is 0.369 e. The second-order valence-corrected chi connectivity index (χ2v) is 8.12. The number of aryl methyl sites for hydroxylation is 1. The van der Waals surface area contributed by atoms with E-state index in [0.29, 0.717) is 36.8 Å². The van der Waals surface area contributed by atoms with Crippen LogP contribution in [0.4, 0.5) is 10.1 Å². The summed E-state index contributed by atoms with van der Waals surface area (Å²) in [7, 11) is -3.57. The predicted molar refractivity (Wildman–Crippen MR) is 93.6 cm³/mol. The minimum absolute atomic E-state index is 0.255. The van der Waals surface area contributed by atoms with Crippen LogP contribution in [0, 0.1) is 12.7 Å². The summed E-state index contributed by atoms with van der Waals surface area (Å²) < 4.78 is 40.2. The summed E-state index contributed by atoms with van der Waals surface area (Å²) in [4.78, 5) is 2.31. The first kappa shape index (κ1) is 17.2. The third kappa shape index (κ3) is 3.41. The number of halogens is 2. The van der Waals surface area contributed by atoms with Crippen LogP contribution in [0.2, 0.25) is 5.02 Å². The molecule has 0 aromatic heterocycles. The standard InChI is InChI=1S/C17H18ClFN2O2S/c1-13-2-3-14(18)12-17(13)24(22,23)21-10-8-20(9-11-21)16-6-4-15(19)5-7-16/h2-7,12H,8-11H2,1H3. The molecule has 3 rings (SSSR count). The van der Waals surface area contributed by atoms with Gasteiger partial charge in [0.25, 0.3) is 0 Å². The third-order valence-electron chi connectivity index (χ3n) is 4.20. The minimum atomic E-state index is -3.57. The predicted octanol–water partition coefficient (Wildman–Crippen LogP) is 3.30. The molecule has 24 heavy (non-hydrogen) atoms. The van der Waals surface area contributed by atoms with Crippen LogP contribution >= 0.6 is 11.6 Å². The number of hydrogen-bond donors (Lipinski definition) is 0. The normalized spacial score (nSPS) is 16.4. The van der Waals surface area contributed by atoms with E-state index < -0.39 is 10.0 Å². The Bertz CT molecular complexity index is 832. The van der Waals surface area contributed by atoms with E-state index in [2.05, 4.69) is 4.90 Å². The number of sulfonamides is 1. The van der Waals surface area contributed by atoms with Gasteiger partial charge in [0, 0.05) is 36.9 Å². The molecular formula is C17H18ClFN2O2S. The van der Waals surface area contributed by atoms with Gasteiger partial charge in [-0.15, -0.1) is 0 Å². The monoisotopic (exact) mass is 368 g/mol. The smallest absolute Gasteiger partial charge is 0.243 e. The average molecular weight is 369 g/mol. The zero-order chi connectivity index (χ0) is 17.3. The Morgan fingerprint density at radius 2 is 1.62 bits per heavy atom. The van der Waals surface area contributed by atoms with Gasteiger partial charge in [0.05, 0.1) is 4.90 Å². The maximum Gasteiger partial charge on any atom is 0.243 e. The molecule has 1 heterocycles. The van der Waals surface area contributed by atoms with Gasteiger partial charge in [-0.3, -0.25) is 0 Å². The molecule has 0 unspecified atom stereocenters. The fourth-order valence-corrected chi connectivity index (χ4v) is 4.74. The molecule has 1 aliphatic rings. The first-order chi connectivity index (χ1) is 11.4. The van der Waals surface area contributed by atoms with Gasteiger partial charge in [-0.2, -0.15) is 4.31 Å². The fourth-order valence-electron chi connectivity index (χ4n) is 2.83. The van der Waals surface area contributed by atoms with Crippen molar-refractivity contribution < 1.29 is 12.8 Å². The Hall–Kier alpha value is -1.63. The summed E-state index contributed by atoms with van der Waals surface area (Å²) in [5.41, 5.74) is 1.58. The third-order valence-corrected chi connectivity index (χ3v) is 6.47. The highest BCUT2D eigenvalue weighted by Crippen LogP contribution is 2.25. The molecule has 0 N–H and O–H groups in total. The molecule has 0 saturated carbocycles. The van der Waals surface area contributed by atoms with Crippen LogP contribution in [-0.2, 0) is 10.0 Å². The van der Waals surface area contributed by atoms with Gasteiger partial charge in [-0.05, 0) is 48.9 Å². The Morgan fingerprint density at radius 1 is 1.00 bits per heavy atom. The summed E-state index contributed by atoms with van der Waals surface area (Å²) in [5, 5.41) is 0.407. The van der Waals surface area contributed by atoms with E-state index in [-0.39, 0.29) is 10.7 Å².